The van der Waals surface area contributed by atoms with E-state index in [1.807, 2.05) is 12.1 Å². The molecule has 0 N–H and O–H groups in total. The van der Waals surface area contributed by atoms with Gasteiger partial charge >= 0.3 is 0 Å². The minimum Gasteiger partial charge on any atom is -0.253 e. The van der Waals surface area contributed by atoms with Crippen LogP contribution in [0.4, 0.5) is 0 Å². The highest BCUT2D eigenvalue weighted by Gasteiger charge is 2.10. The summed E-state index contributed by atoms with van der Waals surface area (Å²) in [5.74, 6) is 0. The van der Waals surface area contributed by atoms with Gasteiger partial charge in [0.05, 0.1) is 22.1 Å². The van der Waals surface area contributed by atoms with Crippen molar-refractivity contribution in [1.29, 1.82) is 0 Å². The maximum atomic E-state index is 4.50. The van der Waals surface area contributed by atoms with E-state index in [9.17, 15) is 0 Å². The molecule has 7 aromatic carbocycles. The molecule has 0 saturated carbocycles. The molecule has 0 radical (unpaired) electrons. The van der Waals surface area contributed by atoms with Crippen LogP contribution in [0.5, 0.6) is 0 Å². The van der Waals surface area contributed by atoms with Crippen LogP contribution < -0.4 is 0 Å². The fraction of sp³-hybridized carbons (Fsp3) is 0. The molecular weight excluding hydrogens is 609 g/mol. The summed E-state index contributed by atoms with van der Waals surface area (Å²) in [5.41, 5.74) is 17.5. The third kappa shape index (κ3) is 5.80. The van der Waals surface area contributed by atoms with Gasteiger partial charge in [0.2, 0.25) is 0 Å². The molecule has 0 aliphatic rings. The van der Waals surface area contributed by atoms with Crippen molar-refractivity contribution in [2.45, 2.75) is 0 Å². The summed E-state index contributed by atoms with van der Waals surface area (Å²) >= 11 is 0. The van der Waals surface area contributed by atoms with Crippen LogP contribution in [-0.4, -0.2) is 19.9 Å². The molecule has 9 rings (SSSR count). The van der Waals surface area contributed by atoms with E-state index in [1.165, 1.54) is 22.3 Å². The van der Waals surface area contributed by atoms with Crippen molar-refractivity contribution in [3.63, 3.8) is 0 Å². The lowest BCUT2D eigenvalue weighted by Gasteiger charge is -2.13. The molecule has 0 saturated heterocycles. The number of fused-ring (bicyclic) bond motifs is 2. The van der Waals surface area contributed by atoms with Crippen LogP contribution in [0.15, 0.2) is 183 Å². The zero-order valence-electron chi connectivity index (χ0n) is 27.1. The molecule has 0 aliphatic heterocycles. The second-order valence-corrected chi connectivity index (χ2v) is 12.4. The van der Waals surface area contributed by atoms with Crippen molar-refractivity contribution in [3.8, 4) is 66.8 Å². The van der Waals surface area contributed by atoms with E-state index >= 15 is 0 Å². The largest absolute Gasteiger partial charge is 0.253 e. The highest BCUT2D eigenvalue weighted by molar-refractivity contribution is 5.86. The van der Waals surface area contributed by atoms with Crippen molar-refractivity contribution < 1.29 is 0 Å². The molecule has 0 aliphatic carbocycles. The second-order valence-electron chi connectivity index (χ2n) is 12.4. The quantitative estimate of drug-likeness (QED) is 0.182. The van der Waals surface area contributed by atoms with Gasteiger partial charge in [-0.3, -0.25) is 19.9 Å². The van der Waals surface area contributed by atoms with Crippen LogP contribution in [0.3, 0.4) is 0 Å². The van der Waals surface area contributed by atoms with Gasteiger partial charge in [-0.1, -0.05) is 115 Å². The first kappa shape index (κ1) is 29.4. The molecule has 0 fully saturated rings. The molecule has 9 aromatic rings. The van der Waals surface area contributed by atoms with Crippen LogP contribution in [-0.2, 0) is 0 Å². The molecule has 2 heterocycles. The molecule has 4 nitrogen and oxygen atoms in total. The summed E-state index contributed by atoms with van der Waals surface area (Å²) < 4.78 is 0. The van der Waals surface area contributed by atoms with Gasteiger partial charge in [-0.15, -0.1) is 0 Å². The van der Waals surface area contributed by atoms with Gasteiger partial charge in [0.25, 0.3) is 0 Å². The first-order valence-electron chi connectivity index (χ1n) is 16.7. The summed E-state index contributed by atoms with van der Waals surface area (Å²) in [7, 11) is 0. The molecule has 234 valence electrons. The number of nitrogens with zero attached hydrogens (tertiary/aromatic N) is 4. The summed E-state index contributed by atoms with van der Waals surface area (Å²) in [6.07, 6.45) is 6.93. The number of aromatic nitrogens is 4. The van der Waals surface area contributed by atoms with Crippen molar-refractivity contribution >= 4 is 22.1 Å². The summed E-state index contributed by atoms with van der Waals surface area (Å²) in [5, 5.41) is 0. The van der Waals surface area contributed by atoms with Gasteiger partial charge in [0, 0.05) is 24.8 Å². The first-order valence-corrected chi connectivity index (χ1v) is 16.7. The maximum Gasteiger partial charge on any atom is 0.0892 e. The normalized spacial score (nSPS) is 11.2. The topological polar surface area (TPSA) is 51.6 Å². The average molecular weight is 639 g/mol. The Morgan fingerprint density at radius 2 is 0.480 bits per heavy atom. The number of benzene rings is 7. The Bertz CT molecular complexity index is 2470. The Morgan fingerprint density at radius 3 is 0.860 bits per heavy atom. The summed E-state index contributed by atoms with van der Waals surface area (Å²) in [4.78, 5) is 17.8. The van der Waals surface area contributed by atoms with E-state index in [0.29, 0.717) is 0 Å². The lowest BCUT2D eigenvalue weighted by Crippen LogP contribution is -1.88. The monoisotopic (exact) mass is 638 g/mol. The molecule has 0 spiro atoms. The smallest absolute Gasteiger partial charge is 0.0892 e. The lowest BCUT2D eigenvalue weighted by molar-refractivity contribution is 1.29. The predicted molar refractivity (Wildman–Crippen MR) is 205 cm³/mol. The second kappa shape index (κ2) is 12.7. The fourth-order valence-corrected chi connectivity index (χ4v) is 6.61. The average Bonchev–Trinajstić information content (AvgIpc) is 3.21. The Balaban J connectivity index is 1.09. The molecule has 50 heavy (non-hydrogen) atoms. The molecule has 0 unspecified atom stereocenters. The van der Waals surface area contributed by atoms with Crippen LogP contribution in [0.2, 0.25) is 0 Å². The van der Waals surface area contributed by atoms with E-state index in [4.69, 9.17) is 0 Å². The van der Waals surface area contributed by atoms with E-state index in [0.717, 1.165) is 66.6 Å². The van der Waals surface area contributed by atoms with E-state index in [1.54, 1.807) is 24.8 Å². The molecule has 2 aromatic heterocycles. The number of rotatable bonds is 6. The zero-order valence-corrected chi connectivity index (χ0v) is 27.1. The van der Waals surface area contributed by atoms with Gasteiger partial charge in [-0.25, -0.2) is 0 Å². The van der Waals surface area contributed by atoms with E-state index in [2.05, 4.69) is 166 Å². The third-order valence-corrected chi connectivity index (χ3v) is 9.30. The standard InChI is InChI=1S/C46H30N4/c1-2-4-31(5-3-1)32-6-12-35(13-7-32)40-26-41(36-14-8-33(9-15-36)38-18-20-43-45(29-38)49-24-22-47-43)28-42(27-40)37-16-10-34(11-17-37)39-19-21-44-46(30-39)50-25-23-48-44/h1-30H. The first-order chi connectivity index (χ1) is 24.7. The number of hydrogen-bond donors (Lipinski definition) is 0. The minimum absolute atomic E-state index is 0.894. The Labute approximate surface area is 290 Å². The summed E-state index contributed by atoms with van der Waals surface area (Å²) in [6, 6.07) is 56.4. The van der Waals surface area contributed by atoms with E-state index < -0.39 is 0 Å². The van der Waals surface area contributed by atoms with Gasteiger partial charge in [-0.05, 0) is 109 Å². The van der Waals surface area contributed by atoms with Gasteiger partial charge < -0.3 is 0 Å². The van der Waals surface area contributed by atoms with E-state index in [-0.39, 0.29) is 0 Å². The predicted octanol–water partition coefficient (Wildman–Crippen LogP) is 11.6. The molecule has 0 atom stereocenters. The maximum absolute atomic E-state index is 4.50. The minimum atomic E-state index is 0.894. The highest BCUT2D eigenvalue weighted by Crippen LogP contribution is 2.36. The highest BCUT2D eigenvalue weighted by atomic mass is 14.8. The lowest BCUT2D eigenvalue weighted by atomic mass is 9.91. The van der Waals surface area contributed by atoms with Crippen LogP contribution in [0, 0.1) is 0 Å². The summed E-state index contributed by atoms with van der Waals surface area (Å²) in [6.45, 7) is 0. The Morgan fingerprint density at radius 1 is 0.200 bits per heavy atom. The van der Waals surface area contributed by atoms with Gasteiger partial charge in [0.15, 0.2) is 0 Å². The van der Waals surface area contributed by atoms with Crippen molar-refractivity contribution in [1.82, 2.24) is 19.9 Å². The number of hydrogen-bond acceptors (Lipinski definition) is 4. The third-order valence-electron chi connectivity index (χ3n) is 9.30. The van der Waals surface area contributed by atoms with Crippen LogP contribution >= 0.6 is 0 Å². The van der Waals surface area contributed by atoms with Crippen molar-refractivity contribution in [2.24, 2.45) is 0 Å². The molecular formula is C46H30N4. The Hall–Kier alpha value is -6.78. The molecule has 0 bridgehead atoms. The van der Waals surface area contributed by atoms with Crippen LogP contribution in [0.1, 0.15) is 0 Å². The SMILES string of the molecule is c1ccc(-c2ccc(-c3cc(-c4ccc(-c5ccc6nccnc6c5)cc4)cc(-c4ccc(-c5ccc6nccnc6c5)cc4)c3)cc2)cc1. The molecule has 4 heteroatoms. The molecule has 0 amide bonds. The van der Waals surface area contributed by atoms with Gasteiger partial charge in [-0.2, -0.15) is 0 Å². The van der Waals surface area contributed by atoms with Crippen molar-refractivity contribution in [2.75, 3.05) is 0 Å². The van der Waals surface area contributed by atoms with Crippen molar-refractivity contribution in [3.05, 3.63) is 183 Å². The fourth-order valence-electron chi connectivity index (χ4n) is 6.61. The Kier molecular flexibility index (Phi) is 7.45. The zero-order chi connectivity index (χ0) is 33.3. The van der Waals surface area contributed by atoms with Gasteiger partial charge in [0.1, 0.15) is 0 Å². The van der Waals surface area contributed by atoms with Crippen LogP contribution in [0.25, 0.3) is 88.8 Å².